The van der Waals surface area contributed by atoms with E-state index < -0.39 is 5.63 Å². The van der Waals surface area contributed by atoms with Gasteiger partial charge in [0.2, 0.25) is 0 Å². The summed E-state index contributed by atoms with van der Waals surface area (Å²) in [5.41, 5.74) is 2.07. The summed E-state index contributed by atoms with van der Waals surface area (Å²) in [5.74, 6) is 0.337. The second kappa shape index (κ2) is 6.09. The van der Waals surface area contributed by atoms with Gasteiger partial charge in [-0.15, -0.1) is 0 Å². The van der Waals surface area contributed by atoms with Crippen LogP contribution >= 0.6 is 0 Å². The number of benzene rings is 2. The van der Waals surface area contributed by atoms with Crippen molar-refractivity contribution in [2.45, 2.75) is 20.3 Å². The van der Waals surface area contributed by atoms with Crippen molar-refractivity contribution in [3.63, 3.8) is 0 Å². The summed E-state index contributed by atoms with van der Waals surface area (Å²) in [6.07, 6.45) is 2.53. The zero-order valence-electron chi connectivity index (χ0n) is 15.1. The van der Waals surface area contributed by atoms with Gasteiger partial charge in [-0.3, -0.25) is 0 Å². The largest absolute Gasteiger partial charge is 0.508 e. The van der Waals surface area contributed by atoms with Gasteiger partial charge >= 0.3 is 5.63 Å². The minimum absolute atomic E-state index is 0.0837. The van der Waals surface area contributed by atoms with Crippen LogP contribution in [-0.4, -0.2) is 17.3 Å². The van der Waals surface area contributed by atoms with Gasteiger partial charge in [-0.1, -0.05) is 11.6 Å². The number of fused-ring (bicyclic) bond motifs is 5. The highest BCUT2D eigenvalue weighted by Gasteiger charge is 2.21. The number of ether oxygens (including phenoxy) is 1. The zero-order chi connectivity index (χ0) is 19.3. The van der Waals surface area contributed by atoms with Crippen molar-refractivity contribution in [1.82, 2.24) is 0 Å². The third kappa shape index (κ3) is 2.70. The van der Waals surface area contributed by atoms with E-state index in [1.807, 2.05) is 19.9 Å². The van der Waals surface area contributed by atoms with Crippen molar-refractivity contribution in [3.05, 3.63) is 51.9 Å². The molecule has 2 aromatic heterocycles. The average molecular weight is 366 g/mol. The highest BCUT2D eigenvalue weighted by molar-refractivity contribution is 6.15. The molecule has 4 aromatic rings. The summed E-state index contributed by atoms with van der Waals surface area (Å²) in [5, 5.41) is 21.4. The van der Waals surface area contributed by atoms with Crippen molar-refractivity contribution in [3.8, 4) is 17.2 Å². The minimum Gasteiger partial charge on any atom is -0.508 e. The van der Waals surface area contributed by atoms with Crippen LogP contribution in [0.4, 0.5) is 0 Å². The standard InChI is InChI=1S/C21H18O6/c1-10(2)4-5-11-6-13-15(9-14(11)23)26-20-18(13)21(24)27-17-8-12(22)7-16(25-3)19(17)20/h4,6-9,22-23H,5H2,1-3H3. The van der Waals surface area contributed by atoms with Gasteiger partial charge in [0.05, 0.1) is 7.11 Å². The first-order valence-corrected chi connectivity index (χ1v) is 8.44. The SMILES string of the molecule is COc1cc(O)cc2oc(=O)c3c4cc(CC=C(C)C)c(O)cc4oc3c12. The molecule has 0 fully saturated rings. The van der Waals surface area contributed by atoms with E-state index in [9.17, 15) is 15.0 Å². The van der Waals surface area contributed by atoms with E-state index in [-0.39, 0.29) is 22.5 Å². The van der Waals surface area contributed by atoms with Gasteiger partial charge in [0.1, 0.15) is 39.2 Å². The molecular weight excluding hydrogens is 348 g/mol. The Bertz CT molecular complexity index is 1290. The molecule has 0 bridgehead atoms. The first kappa shape index (κ1) is 17.0. The van der Waals surface area contributed by atoms with Crippen molar-refractivity contribution in [1.29, 1.82) is 0 Å². The molecule has 0 amide bonds. The zero-order valence-corrected chi connectivity index (χ0v) is 15.1. The lowest BCUT2D eigenvalue weighted by Crippen LogP contribution is -1.99. The fraction of sp³-hybridized carbons (Fsp3) is 0.190. The van der Waals surface area contributed by atoms with Crippen LogP contribution in [0.3, 0.4) is 0 Å². The summed E-state index contributed by atoms with van der Waals surface area (Å²) in [4.78, 5) is 12.6. The Hall–Kier alpha value is -3.41. The van der Waals surface area contributed by atoms with Crippen LogP contribution in [0.2, 0.25) is 0 Å². The molecule has 0 spiro atoms. The molecule has 0 saturated heterocycles. The van der Waals surface area contributed by atoms with Crippen molar-refractivity contribution < 1.29 is 23.8 Å². The highest BCUT2D eigenvalue weighted by Crippen LogP contribution is 2.40. The predicted octanol–water partition coefficient (Wildman–Crippen LogP) is 4.62. The lowest BCUT2D eigenvalue weighted by molar-refractivity contribution is 0.411. The summed E-state index contributed by atoms with van der Waals surface area (Å²) in [7, 11) is 1.46. The molecule has 0 unspecified atom stereocenters. The van der Waals surface area contributed by atoms with Crippen LogP contribution in [0.5, 0.6) is 17.2 Å². The van der Waals surface area contributed by atoms with Crippen LogP contribution in [-0.2, 0) is 6.42 Å². The van der Waals surface area contributed by atoms with Crippen molar-refractivity contribution in [2.75, 3.05) is 7.11 Å². The molecule has 0 radical (unpaired) electrons. The quantitative estimate of drug-likeness (QED) is 0.406. The number of allylic oxidation sites excluding steroid dienone is 2. The second-order valence-corrected chi connectivity index (χ2v) is 6.68. The highest BCUT2D eigenvalue weighted by atomic mass is 16.5. The van der Waals surface area contributed by atoms with E-state index in [0.29, 0.717) is 39.7 Å². The molecule has 6 nitrogen and oxygen atoms in total. The van der Waals surface area contributed by atoms with Gasteiger partial charge in [0.15, 0.2) is 5.58 Å². The second-order valence-electron chi connectivity index (χ2n) is 6.68. The molecule has 27 heavy (non-hydrogen) atoms. The molecule has 0 saturated carbocycles. The fourth-order valence-electron chi connectivity index (χ4n) is 3.23. The molecule has 2 aromatic carbocycles. The first-order valence-electron chi connectivity index (χ1n) is 8.44. The topological polar surface area (TPSA) is 93.0 Å². The van der Waals surface area contributed by atoms with Gasteiger partial charge < -0.3 is 23.8 Å². The molecule has 0 aliphatic rings. The van der Waals surface area contributed by atoms with E-state index in [4.69, 9.17) is 13.6 Å². The number of hydrogen-bond acceptors (Lipinski definition) is 6. The lowest BCUT2D eigenvalue weighted by atomic mass is 10.0. The Morgan fingerprint density at radius 3 is 2.56 bits per heavy atom. The smallest absolute Gasteiger partial charge is 0.348 e. The van der Waals surface area contributed by atoms with E-state index in [1.54, 1.807) is 6.07 Å². The van der Waals surface area contributed by atoms with Gasteiger partial charge in [0, 0.05) is 23.6 Å². The Morgan fingerprint density at radius 1 is 1.07 bits per heavy atom. The first-order chi connectivity index (χ1) is 12.9. The fourth-order valence-corrected chi connectivity index (χ4v) is 3.23. The lowest BCUT2D eigenvalue weighted by Gasteiger charge is -2.05. The number of aromatic hydroxyl groups is 2. The maximum Gasteiger partial charge on any atom is 0.348 e. The molecule has 2 N–H and O–H groups in total. The van der Waals surface area contributed by atoms with Crippen LogP contribution in [0.15, 0.2) is 49.5 Å². The van der Waals surface area contributed by atoms with Gasteiger partial charge in [-0.25, -0.2) is 4.79 Å². The minimum atomic E-state index is -0.581. The van der Waals surface area contributed by atoms with Crippen LogP contribution in [0.1, 0.15) is 19.4 Å². The maximum absolute atomic E-state index is 12.6. The van der Waals surface area contributed by atoms with Crippen molar-refractivity contribution in [2.24, 2.45) is 0 Å². The van der Waals surface area contributed by atoms with Crippen LogP contribution in [0.25, 0.3) is 32.9 Å². The Kier molecular flexibility index (Phi) is 3.84. The van der Waals surface area contributed by atoms with Gasteiger partial charge in [-0.2, -0.15) is 0 Å². The molecule has 138 valence electrons. The van der Waals surface area contributed by atoms with Crippen molar-refractivity contribution >= 4 is 32.9 Å². The number of phenolic OH excluding ortho intramolecular Hbond substituents is 2. The summed E-state index contributed by atoms with van der Waals surface area (Å²) < 4.78 is 16.6. The van der Waals surface area contributed by atoms with Gasteiger partial charge in [-0.05, 0) is 31.9 Å². The number of rotatable bonds is 3. The molecule has 6 heteroatoms. The van der Waals surface area contributed by atoms with E-state index in [0.717, 1.165) is 5.57 Å². The van der Waals surface area contributed by atoms with Crippen LogP contribution in [0, 0.1) is 0 Å². The molecule has 0 atom stereocenters. The van der Waals surface area contributed by atoms with E-state index in [1.165, 1.54) is 25.3 Å². The Labute approximate surface area is 153 Å². The van der Waals surface area contributed by atoms with E-state index >= 15 is 0 Å². The normalized spacial score (nSPS) is 11.4. The predicted molar refractivity (Wildman–Crippen MR) is 103 cm³/mol. The molecular formula is C21H18O6. The number of furan rings is 1. The van der Waals surface area contributed by atoms with E-state index in [2.05, 4.69) is 0 Å². The number of phenols is 2. The number of methoxy groups -OCH3 is 1. The number of hydrogen-bond donors (Lipinski definition) is 2. The molecule has 4 rings (SSSR count). The molecule has 2 heterocycles. The summed E-state index contributed by atoms with van der Waals surface area (Å²) in [6, 6.07) is 6.00. The Balaban J connectivity index is 2.12. The Morgan fingerprint density at radius 2 is 1.85 bits per heavy atom. The third-order valence-electron chi connectivity index (χ3n) is 4.52. The van der Waals surface area contributed by atoms with Crippen LogP contribution < -0.4 is 10.4 Å². The molecule has 0 aliphatic heterocycles. The molecule has 0 aliphatic carbocycles. The van der Waals surface area contributed by atoms with Gasteiger partial charge in [0.25, 0.3) is 0 Å². The third-order valence-corrected chi connectivity index (χ3v) is 4.52. The monoisotopic (exact) mass is 366 g/mol. The maximum atomic E-state index is 12.6. The summed E-state index contributed by atoms with van der Waals surface area (Å²) >= 11 is 0. The summed E-state index contributed by atoms with van der Waals surface area (Å²) in [6.45, 7) is 3.95. The average Bonchev–Trinajstić information content (AvgIpc) is 2.97.